The molecule has 0 aliphatic rings. The van der Waals surface area contributed by atoms with Gasteiger partial charge in [-0.1, -0.05) is 0 Å². The maximum atomic E-state index is 12.1. The van der Waals surface area contributed by atoms with Crippen molar-refractivity contribution in [2.24, 2.45) is 0 Å². The van der Waals surface area contributed by atoms with Crippen molar-refractivity contribution in [1.82, 2.24) is 9.97 Å². The number of aromatic amines is 1. The molecule has 0 radical (unpaired) electrons. The minimum absolute atomic E-state index is 0.0711. The van der Waals surface area contributed by atoms with E-state index >= 15 is 0 Å². The molecule has 22 heavy (non-hydrogen) atoms. The summed E-state index contributed by atoms with van der Waals surface area (Å²) in [6, 6.07) is 5.53. The summed E-state index contributed by atoms with van der Waals surface area (Å²) >= 11 is 0. The highest BCUT2D eigenvalue weighted by molar-refractivity contribution is 7.92. The van der Waals surface area contributed by atoms with Crippen LogP contribution >= 0.6 is 0 Å². The summed E-state index contributed by atoms with van der Waals surface area (Å²) in [5, 5.41) is 8.71. The van der Waals surface area contributed by atoms with Crippen LogP contribution in [0.15, 0.2) is 40.2 Å². The number of anilines is 1. The molecule has 0 saturated heterocycles. The van der Waals surface area contributed by atoms with Crippen LogP contribution in [0, 0.1) is 0 Å². The van der Waals surface area contributed by atoms with Gasteiger partial charge < -0.3 is 9.84 Å². The zero-order chi connectivity index (χ0) is 16.3. The van der Waals surface area contributed by atoms with Crippen LogP contribution in [0.2, 0.25) is 0 Å². The molecule has 0 aliphatic carbocycles. The number of nitrogens with one attached hydrogen (secondary N) is 2. The maximum absolute atomic E-state index is 12.1. The van der Waals surface area contributed by atoms with Crippen molar-refractivity contribution in [3.63, 3.8) is 0 Å². The topological polar surface area (TPSA) is 138 Å². The number of aromatic carboxylic acids is 1. The van der Waals surface area contributed by atoms with Crippen LogP contribution in [-0.2, 0) is 10.0 Å². The van der Waals surface area contributed by atoms with E-state index in [1.165, 1.54) is 31.4 Å². The number of benzene rings is 1. The zero-order valence-electron chi connectivity index (χ0n) is 11.2. The van der Waals surface area contributed by atoms with Gasteiger partial charge in [-0.2, -0.15) is 0 Å². The van der Waals surface area contributed by atoms with Crippen LogP contribution in [0.3, 0.4) is 0 Å². The van der Waals surface area contributed by atoms with Crippen molar-refractivity contribution in [3.8, 4) is 5.75 Å². The van der Waals surface area contributed by atoms with Crippen LogP contribution < -0.4 is 15.0 Å². The molecule has 3 N–H and O–H groups in total. The first-order valence-electron chi connectivity index (χ1n) is 5.83. The highest BCUT2D eigenvalue weighted by Crippen LogP contribution is 2.17. The fraction of sp³-hybridized carbons (Fsp3) is 0.0833. The van der Waals surface area contributed by atoms with Crippen molar-refractivity contribution in [2.45, 2.75) is 4.90 Å². The quantitative estimate of drug-likeness (QED) is 0.717. The van der Waals surface area contributed by atoms with E-state index in [1.54, 1.807) is 0 Å². The minimum Gasteiger partial charge on any atom is -0.497 e. The van der Waals surface area contributed by atoms with Crippen molar-refractivity contribution >= 4 is 21.9 Å². The molecule has 9 nitrogen and oxygen atoms in total. The van der Waals surface area contributed by atoms with Crippen molar-refractivity contribution < 1.29 is 23.1 Å². The average molecular weight is 325 g/mol. The predicted octanol–water partition coefficient (Wildman–Crippen LogP) is 0.277. The maximum Gasteiger partial charge on any atom is 0.342 e. The van der Waals surface area contributed by atoms with E-state index < -0.39 is 27.1 Å². The summed E-state index contributed by atoms with van der Waals surface area (Å²) in [6.07, 6.45) is 0.771. The zero-order valence-corrected chi connectivity index (χ0v) is 12.0. The number of sulfonamides is 1. The molecule has 0 saturated carbocycles. The van der Waals surface area contributed by atoms with Gasteiger partial charge in [0.05, 0.1) is 18.2 Å². The lowest BCUT2D eigenvalue weighted by Crippen LogP contribution is -2.22. The van der Waals surface area contributed by atoms with Crippen LogP contribution in [0.25, 0.3) is 0 Å². The lowest BCUT2D eigenvalue weighted by molar-refractivity contribution is 0.0694. The second-order valence-electron chi connectivity index (χ2n) is 4.06. The van der Waals surface area contributed by atoms with Gasteiger partial charge in [0.15, 0.2) is 0 Å². The Morgan fingerprint density at radius 2 is 1.95 bits per heavy atom. The Bertz CT molecular complexity index is 857. The summed E-state index contributed by atoms with van der Waals surface area (Å²) < 4.78 is 31.2. The number of methoxy groups -OCH3 is 1. The van der Waals surface area contributed by atoms with E-state index in [2.05, 4.69) is 9.71 Å². The summed E-state index contributed by atoms with van der Waals surface area (Å²) in [4.78, 5) is 27.7. The second-order valence-corrected chi connectivity index (χ2v) is 5.74. The van der Waals surface area contributed by atoms with Gasteiger partial charge in [-0.15, -0.1) is 0 Å². The standard InChI is InChI=1S/C12H11N3O6S/c1-21-7-2-4-8(5-3-7)22(19,20)15-12-13-6-9(11(17)18)10(16)14-12/h2-6H,1H3,(H,17,18)(H2,13,14,15,16). The molecule has 0 atom stereocenters. The summed E-state index contributed by atoms with van der Waals surface area (Å²) in [5.41, 5.74) is -1.55. The highest BCUT2D eigenvalue weighted by Gasteiger charge is 2.17. The highest BCUT2D eigenvalue weighted by atomic mass is 32.2. The summed E-state index contributed by atoms with van der Waals surface area (Å²) in [5.74, 6) is -1.36. The van der Waals surface area contributed by atoms with Gasteiger partial charge in [0, 0.05) is 0 Å². The normalized spacial score (nSPS) is 11.0. The van der Waals surface area contributed by atoms with E-state index in [0.29, 0.717) is 5.75 Å². The van der Waals surface area contributed by atoms with Crippen LogP contribution in [0.1, 0.15) is 10.4 Å². The van der Waals surface area contributed by atoms with Gasteiger partial charge in [0.1, 0.15) is 11.3 Å². The molecule has 2 aromatic rings. The third-order valence-electron chi connectivity index (χ3n) is 2.63. The molecule has 1 aromatic carbocycles. The Balaban J connectivity index is 2.30. The number of hydrogen-bond donors (Lipinski definition) is 3. The van der Waals surface area contributed by atoms with Gasteiger partial charge in [-0.3, -0.25) is 9.78 Å². The Labute approximate surface area is 124 Å². The number of carbonyl (C=O) groups is 1. The van der Waals surface area contributed by atoms with Gasteiger partial charge in [-0.25, -0.2) is 22.9 Å². The number of nitrogens with zero attached hydrogens (tertiary/aromatic N) is 1. The SMILES string of the molecule is COc1ccc(S(=O)(=O)Nc2ncc(C(=O)O)c(=O)[nH]2)cc1. The molecular formula is C12H11N3O6S. The molecule has 10 heteroatoms. The molecule has 0 fully saturated rings. The number of H-pyrrole nitrogens is 1. The van der Waals surface area contributed by atoms with Crippen LogP contribution in [0.4, 0.5) is 5.95 Å². The molecule has 2 rings (SSSR count). The fourth-order valence-electron chi connectivity index (χ4n) is 1.54. The Kier molecular flexibility index (Phi) is 4.13. The number of carboxylic acids is 1. The third-order valence-corrected chi connectivity index (χ3v) is 3.99. The second kappa shape index (κ2) is 5.85. The molecule has 1 aromatic heterocycles. The fourth-order valence-corrected chi connectivity index (χ4v) is 2.51. The molecule has 0 amide bonds. The van der Waals surface area contributed by atoms with E-state index in [4.69, 9.17) is 9.84 Å². The first-order valence-corrected chi connectivity index (χ1v) is 7.31. The minimum atomic E-state index is -3.97. The largest absolute Gasteiger partial charge is 0.497 e. The van der Waals surface area contributed by atoms with Gasteiger partial charge >= 0.3 is 5.97 Å². The Morgan fingerprint density at radius 1 is 1.32 bits per heavy atom. The number of ether oxygens (including phenoxy) is 1. The number of carboxylic acid groups (broad SMARTS) is 1. The molecule has 0 aliphatic heterocycles. The van der Waals surface area contributed by atoms with E-state index in [0.717, 1.165) is 6.20 Å². The van der Waals surface area contributed by atoms with Gasteiger partial charge in [0.2, 0.25) is 5.95 Å². The first-order chi connectivity index (χ1) is 10.3. The van der Waals surface area contributed by atoms with Crippen molar-refractivity contribution in [3.05, 3.63) is 46.4 Å². The lowest BCUT2D eigenvalue weighted by Gasteiger charge is -2.07. The smallest absolute Gasteiger partial charge is 0.342 e. The molecule has 0 unspecified atom stereocenters. The van der Waals surface area contributed by atoms with E-state index in [1.807, 2.05) is 4.98 Å². The lowest BCUT2D eigenvalue weighted by atomic mass is 10.3. The van der Waals surface area contributed by atoms with Crippen molar-refractivity contribution in [2.75, 3.05) is 11.8 Å². The van der Waals surface area contributed by atoms with Gasteiger partial charge in [0.25, 0.3) is 15.6 Å². The molecule has 0 bridgehead atoms. The number of aromatic nitrogens is 2. The van der Waals surface area contributed by atoms with Crippen LogP contribution in [-0.4, -0.2) is 36.6 Å². The number of rotatable bonds is 5. The van der Waals surface area contributed by atoms with Crippen LogP contribution in [0.5, 0.6) is 5.75 Å². The van der Waals surface area contributed by atoms with Crippen molar-refractivity contribution in [1.29, 1.82) is 0 Å². The third kappa shape index (κ3) is 3.23. The van der Waals surface area contributed by atoms with E-state index in [9.17, 15) is 18.0 Å². The summed E-state index contributed by atoms with van der Waals surface area (Å²) in [7, 11) is -2.53. The van der Waals surface area contributed by atoms with E-state index in [-0.39, 0.29) is 10.8 Å². The number of hydrogen-bond acceptors (Lipinski definition) is 6. The Morgan fingerprint density at radius 3 is 2.45 bits per heavy atom. The molecular weight excluding hydrogens is 314 g/mol. The average Bonchev–Trinajstić information content (AvgIpc) is 2.46. The molecule has 116 valence electrons. The molecule has 1 heterocycles. The first kappa shape index (κ1) is 15.5. The Hall–Kier alpha value is -2.88. The summed E-state index contributed by atoms with van der Waals surface area (Å²) in [6.45, 7) is 0. The molecule has 0 spiro atoms. The monoisotopic (exact) mass is 325 g/mol. The predicted molar refractivity (Wildman–Crippen MR) is 75.6 cm³/mol. The van der Waals surface area contributed by atoms with Gasteiger partial charge in [-0.05, 0) is 24.3 Å².